The molecule has 0 amide bonds. The van der Waals surface area contributed by atoms with Crippen molar-refractivity contribution in [1.82, 2.24) is 14.5 Å². The Morgan fingerprint density at radius 3 is 3.12 bits per heavy atom. The molecular weight excluding hydrogens is 218 g/mol. The van der Waals surface area contributed by atoms with Crippen LogP contribution in [0.1, 0.15) is 25.1 Å². The molecule has 2 atom stereocenters. The minimum absolute atomic E-state index is 0.0693. The first-order valence-electron chi connectivity index (χ1n) is 5.75. The third-order valence-electron chi connectivity index (χ3n) is 3.34. The van der Waals surface area contributed by atoms with E-state index in [2.05, 4.69) is 14.5 Å². The molecule has 0 saturated heterocycles. The van der Waals surface area contributed by atoms with Crippen LogP contribution in [0.5, 0.6) is 0 Å². The molecule has 5 nitrogen and oxygen atoms in total. The maximum absolute atomic E-state index is 10.9. The van der Waals surface area contributed by atoms with Crippen LogP contribution < -0.4 is 0 Å². The van der Waals surface area contributed by atoms with E-state index in [4.69, 9.17) is 5.11 Å². The summed E-state index contributed by atoms with van der Waals surface area (Å²) in [4.78, 5) is 19.5. The molecule has 3 rings (SSSR count). The van der Waals surface area contributed by atoms with Crippen molar-refractivity contribution < 1.29 is 9.90 Å². The van der Waals surface area contributed by atoms with Gasteiger partial charge in [-0.2, -0.15) is 0 Å². The van der Waals surface area contributed by atoms with Crippen LogP contribution in [0.25, 0.3) is 11.0 Å². The zero-order valence-corrected chi connectivity index (χ0v) is 9.50. The van der Waals surface area contributed by atoms with Crippen molar-refractivity contribution in [3.63, 3.8) is 0 Å². The average Bonchev–Trinajstić information content (AvgIpc) is 3.04. The van der Waals surface area contributed by atoms with E-state index in [0.717, 1.165) is 23.4 Å². The number of carboxylic acid groups (broad SMARTS) is 1. The SMILES string of the molecule is CCn1c(C2CC2C(=O)O)nc2cnccc21. The predicted octanol–water partition coefficient (Wildman–Crippen LogP) is 1.64. The number of carboxylic acids is 1. The fourth-order valence-electron chi connectivity index (χ4n) is 2.37. The molecule has 0 spiro atoms. The number of hydrogen-bond acceptors (Lipinski definition) is 3. The number of rotatable bonds is 3. The molecule has 0 bridgehead atoms. The molecule has 2 unspecified atom stereocenters. The Kier molecular flexibility index (Phi) is 2.14. The lowest BCUT2D eigenvalue weighted by atomic mass is 10.3. The Balaban J connectivity index is 2.08. The van der Waals surface area contributed by atoms with Gasteiger partial charge < -0.3 is 9.67 Å². The third kappa shape index (κ3) is 1.50. The standard InChI is InChI=1S/C12H13N3O2/c1-2-15-10-3-4-13-6-9(10)14-11(15)7-5-8(7)12(16)17/h3-4,6-8H,2,5H2,1H3,(H,16,17). The van der Waals surface area contributed by atoms with Crippen molar-refractivity contribution in [2.45, 2.75) is 25.8 Å². The van der Waals surface area contributed by atoms with Crippen molar-refractivity contribution in [1.29, 1.82) is 0 Å². The summed E-state index contributed by atoms with van der Waals surface area (Å²) in [6.07, 6.45) is 4.16. The molecule has 0 radical (unpaired) electrons. The van der Waals surface area contributed by atoms with Crippen LogP contribution >= 0.6 is 0 Å². The molecule has 0 aliphatic heterocycles. The van der Waals surface area contributed by atoms with Gasteiger partial charge in [0, 0.05) is 18.7 Å². The lowest BCUT2D eigenvalue weighted by molar-refractivity contribution is -0.138. The normalized spacial score (nSPS) is 22.9. The van der Waals surface area contributed by atoms with Gasteiger partial charge in [0.25, 0.3) is 0 Å². The van der Waals surface area contributed by atoms with Gasteiger partial charge in [-0.15, -0.1) is 0 Å². The van der Waals surface area contributed by atoms with Crippen LogP contribution in [-0.2, 0) is 11.3 Å². The number of aryl methyl sites for hydroxylation is 1. The van der Waals surface area contributed by atoms with Crippen molar-refractivity contribution in [3.05, 3.63) is 24.3 Å². The van der Waals surface area contributed by atoms with E-state index < -0.39 is 5.97 Å². The number of aromatic nitrogens is 3. The molecule has 17 heavy (non-hydrogen) atoms. The lowest BCUT2D eigenvalue weighted by Gasteiger charge is -2.04. The summed E-state index contributed by atoms with van der Waals surface area (Å²) in [6.45, 7) is 2.85. The van der Waals surface area contributed by atoms with E-state index >= 15 is 0 Å². The zero-order valence-electron chi connectivity index (χ0n) is 9.50. The first kappa shape index (κ1) is 10.3. The summed E-state index contributed by atoms with van der Waals surface area (Å²) in [5.41, 5.74) is 1.88. The molecule has 2 heterocycles. The van der Waals surface area contributed by atoms with Crippen molar-refractivity contribution in [2.24, 2.45) is 5.92 Å². The number of carbonyl (C=O) groups is 1. The lowest BCUT2D eigenvalue weighted by Crippen LogP contribution is -2.04. The Labute approximate surface area is 98.1 Å². The van der Waals surface area contributed by atoms with Gasteiger partial charge in [0.1, 0.15) is 11.3 Å². The van der Waals surface area contributed by atoms with Gasteiger partial charge in [-0.3, -0.25) is 9.78 Å². The maximum atomic E-state index is 10.9. The van der Waals surface area contributed by atoms with Crippen LogP contribution in [0.2, 0.25) is 0 Å². The molecule has 88 valence electrons. The molecule has 0 aromatic carbocycles. The minimum Gasteiger partial charge on any atom is -0.481 e. The smallest absolute Gasteiger partial charge is 0.307 e. The van der Waals surface area contributed by atoms with Crippen LogP contribution in [0.3, 0.4) is 0 Å². The summed E-state index contributed by atoms with van der Waals surface area (Å²) < 4.78 is 2.09. The van der Waals surface area contributed by atoms with Crippen molar-refractivity contribution >= 4 is 17.0 Å². The van der Waals surface area contributed by atoms with E-state index in [1.165, 1.54) is 0 Å². The number of nitrogens with zero attached hydrogens (tertiary/aromatic N) is 3. The molecule has 1 aliphatic rings. The van der Waals surface area contributed by atoms with Crippen LogP contribution in [0.15, 0.2) is 18.5 Å². The highest BCUT2D eigenvalue weighted by Crippen LogP contribution is 2.47. The fourth-order valence-corrected chi connectivity index (χ4v) is 2.37. The monoisotopic (exact) mass is 231 g/mol. The van der Waals surface area contributed by atoms with E-state index in [-0.39, 0.29) is 11.8 Å². The van der Waals surface area contributed by atoms with E-state index in [1.807, 2.05) is 13.0 Å². The number of imidazole rings is 1. The second-order valence-electron chi connectivity index (χ2n) is 4.37. The third-order valence-corrected chi connectivity index (χ3v) is 3.34. The van der Waals surface area contributed by atoms with Gasteiger partial charge in [-0.05, 0) is 19.4 Å². The molecule has 1 N–H and O–H groups in total. The quantitative estimate of drug-likeness (QED) is 0.871. The summed E-state index contributed by atoms with van der Waals surface area (Å²) >= 11 is 0. The van der Waals surface area contributed by atoms with Crippen LogP contribution in [-0.4, -0.2) is 25.6 Å². The highest BCUT2D eigenvalue weighted by Gasteiger charge is 2.47. The van der Waals surface area contributed by atoms with Gasteiger partial charge in [-0.1, -0.05) is 0 Å². The number of fused-ring (bicyclic) bond motifs is 1. The number of hydrogen-bond donors (Lipinski definition) is 1. The molecule has 1 aliphatic carbocycles. The predicted molar refractivity (Wildman–Crippen MR) is 61.7 cm³/mol. The first-order chi connectivity index (χ1) is 8.22. The van der Waals surface area contributed by atoms with Gasteiger partial charge in [0.15, 0.2) is 0 Å². The molecule has 5 heteroatoms. The highest BCUT2D eigenvalue weighted by molar-refractivity contribution is 5.77. The molecular formula is C12H13N3O2. The first-order valence-corrected chi connectivity index (χ1v) is 5.75. The Morgan fingerprint density at radius 1 is 1.65 bits per heavy atom. The van der Waals surface area contributed by atoms with Gasteiger partial charge in [0.05, 0.1) is 17.6 Å². The van der Waals surface area contributed by atoms with Gasteiger partial charge in [0.2, 0.25) is 0 Å². The zero-order chi connectivity index (χ0) is 12.0. The van der Waals surface area contributed by atoms with E-state index in [0.29, 0.717) is 6.42 Å². The second kappa shape index (κ2) is 3.55. The topological polar surface area (TPSA) is 68.0 Å². The van der Waals surface area contributed by atoms with Crippen molar-refractivity contribution in [3.8, 4) is 0 Å². The summed E-state index contributed by atoms with van der Waals surface area (Å²) in [6, 6.07) is 1.92. The molecule has 1 fully saturated rings. The van der Waals surface area contributed by atoms with Crippen molar-refractivity contribution in [2.75, 3.05) is 0 Å². The van der Waals surface area contributed by atoms with Crippen LogP contribution in [0.4, 0.5) is 0 Å². The summed E-state index contributed by atoms with van der Waals surface area (Å²) in [7, 11) is 0. The van der Waals surface area contributed by atoms with Crippen LogP contribution in [0, 0.1) is 5.92 Å². The Bertz CT molecular complexity index is 590. The molecule has 2 aromatic rings. The van der Waals surface area contributed by atoms with Gasteiger partial charge >= 0.3 is 5.97 Å². The molecule has 1 saturated carbocycles. The largest absolute Gasteiger partial charge is 0.481 e. The van der Waals surface area contributed by atoms with Gasteiger partial charge in [-0.25, -0.2) is 4.98 Å². The second-order valence-corrected chi connectivity index (χ2v) is 4.37. The Hall–Kier alpha value is -1.91. The summed E-state index contributed by atoms with van der Waals surface area (Å²) in [5.74, 6) is -0.0179. The average molecular weight is 231 g/mol. The maximum Gasteiger partial charge on any atom is 0.307 e. The minimum atomic E-state index is -0.720. The molecule has 2 aromatic heterocycles. The van der Waals surface area contributed by atoms with E-state index in [9.17, 15) is 4.79 Å². The van der Waals surface area contributed by atoms with E-state index in [1.54, 1.807) is 12.4 Å². The number of aliphatic carboxylic acids is 1. The fraction of sp³-hybridized carbons (Fsp3) is 0.417. The number of pyridine rings is 1. The summed E-state index contributed by atoms with van der Waals surface area (Å²) in [5, 5.41) is 8.97. The highest BCUT2D eigenvalue weighted by atomic mass is 16.4. The Morgan fingerprint density at radius 2 is 2.47 bits per heavy atom.